The molecule has 1 N–H and O–H groups in total. The fraction of sp³-hybridized carbons (Fsp3) is 0.300. The van der Waals surface area contributed by atoms with Crippen LogP contribution in [-0.4, -0.2) is 75.1 Å². The van der Waals surface area contributed by atoms with Gasteiger partial charge in [0.25, 0.3) is 5.91 Å². The molecule has 3 aromatic carbocycles. The molecule has 214 valence electrons. The minimum Gasteiger partial charge on any atom is -0.504 e. The van der Waals surface area contributed by atoms with Crippen molar-refractivity contribution < 1.29 is 38.3 Å². The number of methoxy groups -OCH3 is 6. The van der Waals surface area contributed by atoms with Gasteiger partial charge in [-0.1, -0.05) is 6.07 Å². The lowest BCUT2D eigenvalue weighted by atomic mass is 9.97. The average Bonchev–Trinajstić information content (AvgIpc) is 3.02. The first-order valence-corrected chi connectivity index (χ1v) is 12.8. The minimum atomic E-state index is -0.292. The van der Waals surface area contributed by atoms with Crippen LogP contribution >= 0.6 is 0 Å². The van der Waals surface area contributed by atoms with Crippen molar-refractivity contribution >= 4 is 16.8 Å². The van der Waals surface area contributed by atoms with E-state index in [1.54, 1.807) is 35.2 Å². The topological polar surface area (TPSA) is 122 Å². The van der Waals surface area contributed by atoms with Crippen LogP contribution in [0.25, 0.3) is 22.3 Å². The Morgan fingerprint density at radius 1 is 0.780 bits per heavy atom. The van der Waals surface area contributed by atoms with Gasteiger partial charge in [-0.15, -0.1) is 0 Å². The molecule has 41 heavy (non-hydrogen) atoms. The minimum absolute atomic E-state index is 0.103. The summed E-state index contributed by atoms with van der Waals surface area (Å²) in [5.41, 5.74) is 2.85. The number of fused-ring (bicyclic) bond motifs is 2. The van der Waals surface area contributed by atoms with Crippen LogP contribution in [0.5, 0.6) is 40.2 Å². The zero-order valence-electron chi connectivity index (χ0n) is 23.7. The summed E-state index contributed by atoms with van der Waals surface area (Å²) in [4.78, 5) is 25.4. The van der Waals surface area contributed by atoms with Crippen LogP contribution < -0.4 is 28.4 Å². The summed E-state index contributed by atoms with van der Waals surface area (Å²) in [6.45, 7) is 0.675. The van der Waals surface area contributed by atoms with Crippen LogP contribution in [0.4, 0.5) is 0 Å². The summed E-state index contributed by atoms with van der Waals surface area (Å²) in [6.07, 6.45) is 0.462. The van der Waals surface area contributed by atoms with E-state index in [2.05, 4.69) is 0 Å². The third kappa shape index (κ3) is 4.83. The summed E-state index contributed by atoms with van der Waals surface area (Å²) in [5.74, 6) is 2.68. The van der Waals surface area contributed by atoms with Crippen LogP contribution in [0.3, 0.4) is 0 Å². The molecular formula is C30H31N3O8. The second-order valence-electron chi connectivity index (χ2n) is 9.26. The Hall–Kier alpha value is -4.93. The number of aromatic hydroxyl groups is 1. The fourth-order valence-corrected chi connectivity index (χ4v) is 5.06. The Morgan fingerprint density at radius 2 is 1.41 bits per heavy atom. The third-order valence-electron chi connectivity index (χ3n) is 7.17. The summed E-state index contributed by atoms with van der Waals surface area (Å²) in [6, 6.07) is 10.4. The van der Waals surface area contributed by atoms with Gasteiger partial charge >= 0.3 is 0 Å². The summed E-state index contributed by atoms with van der Waals surface area (Å²) < 4.78 is 32.8. The van der Waals surface area contributed by atoms with Crippen molar-refractivity contribution in [2.45, 2.75) is 13.0 Å². The Morgan fingerprint density at radius 3 is 2.02 bits per heavy atom. The highest BCUT2D eigenvalue weighted by Gasteiger charge is 2.28. The van der Waals surface area contributed by atoms with Gasteiger partial charge in [-0.25, -0.2) is 9.97 Å². The van der Waals surface area contributed by atoms with Gasteiger partial charge in [0, 0.05) is 35.7 Å². The molecular weight excluding hydrogens is 530 g/mol. The monoisotopic (exact) mass is 561 g/mol. The second kappa shape index (κ2) is 11.3. The maximum Gasteiger partial charge on any atom is 0.273 e. The molecule has 0 bridgehead atoms. The number of aromatic nitrogens is 2. The predicted octanol–water partition coefficient (Wildman–Crippen LogP) is 4.25. The fourth-order valence-electron chi connectivity index (χ4n) is 5.06. The highest BCUT2D eigenvalue weighted by Crippen LogP contribution is 2.42. The highest BCUT2D eigenvalue weighted by atomic mass is 16.5. The Labute approximate surface area is 237 Å². The SMILES string of the molecule is COc1cc2nc(-c3cc(OC)c(OC)c(OC)c3)nc(C(=O)N3CCc4c(ccc(OC)c4O)C3)c2cc1OC. The molecule has 0 spiro atoms. The molecule has 1 aliphatic heterocycles. The van der Waals surface area contributed by atoms with Crippen LogP contribution in [0.2, 0.25) is 0 Å². The quantitative estimate of drug-likeness (QED) is 0.334. The number of amides is 1. The lowest BCUT2D eigenvalue weighted by Gasteiger charge is -2.30. The van der Waals surface area contributed by atoms with E-state index in [-0.39, 0.29) is 23.2 Å². The van der Waals surface area contributed by atoms with Crippen molar-refractivity contribution in [3.63, 3.8) is 0 Å². The van der Waals surface area contributed by atoms with Crippen LogP contribution in [-0.2, 0) is 13.0 Å². The van der Waals surface area contributed by atoms with Gasteiger partial charge in [-0.05, 0) is 36.2 Å². The van der Waals surface area contributed by atoms with Gasteiger partial charge in [0.15, 0.2) is 40.3 Å². The number of nitrogens with zero attached hydrogens (tertiary/aromatic N) is 3. The number of hydrogen-bond donors (Lipinski definition) is 1. The van der Waals surface area contributed by atoms with Gasteiger partial charge in [-0.3, -0.25) is 4.79 Å². The molecule has 0 atom stereocenters. The lowest BCUT2D eigenvalue weighted by Crippen LogP contribution is -2.36. The molecule has 0 fully saturated rings. The van der Waals surface area contributed by atoms with Crippen molar-refractivity contribution in [2.75, 3.05) is 49.2 Å². The van der Waals surface area contributed by atoms with Gasteiger partial charge in [0.1, 0.15) is 5.69 Å². The van der Waals surface area contributed by atoms with Gasteiger partial charge in [0.05, 0.1) is 48.2 Å². The molecule has 5 rings (SSSR count). The Bertz CT molecular complexity index is 1610. The molecule has 2 heterocycles. The zero-order valence-corrected chi connectivity index (χ0v) is 23.7. The molecule has 0 radical (unpaired) electrons. The number of ether oxygens (including phenoxy) is 6. The standard InChI is InChI=1S/C30H31N3O8/c1-36-21-8-7-16-15-33(10-9-18(16)27(21)34)30(35)26-19-13-22(37-2)23(38-3)14-20(19)31-29(32-26)17-11-24(39-4)28(41-6)25(12-17)40-5/h7-8,11-14,34H,9-10,15H2,1-6H3. The number of benzene rings is 3. The first-order chi connectivity index (χ1) is 19.9. The van der Waals surface area contributed by atoms with E-state index in [1.165, 1.54) is 42.7 Å². The molecule has 11 nitrogen and oxygen atoms in total. The van der Waals surface area contributed by atoms with Crippen molar-refractivity contribution in [3.8, 4) is 51.6 Å². The van der Waals surface area contributed by atoms with E-state index in [0.717, 1.165) is 11.1 Å². The van der Waals surface area contributed by atoms with E-state index in [1.807, 2.05) is 6.07 Å². The van der Waals surface area contributed by atoms with E-state index >= 15 is 0 Å². The molecule has 1 aromatic heterocycles. The van der Waals surface area contributed by atoms with Crippen molar-refractivity contribution in [1.82, 2.24) is 14.9 Å². The maximum atomic E-state index is 14.1. The molecule has 0 unspecified atom stereocenters. The Kier molecular flexibility index (Phi) is 7.60. The van der Waals surface area contributed by atoms with Crippen molar-refractivity contribution in [3.05, 3.63) is 53.2 Å². The average molecular weight is 562 g/mol. The molecule has 0 saturated heterocycles. The third-order valence-corrected chi connectivity index (χ3v) is 7.17. The molecule has 0 saturated carbocycles. The summed E-state index contributed by atoms with van der Waals surface area (Å²) in [7, 11) is 9.14. The normalized spacial score (nSPS) is 12.5. The first-order valence-electron chi connectivity index (χ1n) is 12.8. The van der Waals surface area contributed by atoms with Crippen molar-refractivity contribution in [1.29, 1.82) is 0 Å². The van der Waals surface area contributed by atoms with Crippen LogP contribution in [0.15, 0.2) is 36.4 Å². The molecule has 0 aliphatic carbocycles. The molecule has 1 aliphatic rings. The number of carbonyl (C=O) groups is 1. The van der Waals surface area contributed by atoms with Crippen molar-refractivity contribution in [2.24, 2.45) is 0 Å². The first kappa shape index (κ1) is 27.6. The molecule has 11 heteroatoms. The summed E-state index contributed by atoms with van der Waals surface area (Å²) >= 11 is 0. The van der Waals surface area contributed by atoms with Crippen LogP contribution in [0, 0.1) is 0 Å². The van der Waals surface area contributed by atoms with Crippen LogP contribution in [0.1, 0.15) is 21.6 Å². The van der Waals surface area contributed by atoms with E-state index in [0.29, 0.717) is 70.5 Å². The second-order valence-corrected chi connectivity index (χ2v) is 9.26. The van der Waals surface area contributed by atoms with Gasteiger partial charge < -0.3 is 38.4 Å². The van der Waals surface area contributed by atoms with E-state index in [4.69, 9.17) is 38.4 Å². The van der Waals surface area contributed by atoms with Gasteiger partial charge in [0.2, 0.25) is 5.75 Å². The number of phenolic OH excluding ortho intramolecular Hbond substituents is 1. The smallest absolute Gasteiger partial charge is 0.273 e. The molecule has 4 aromatic rings. The largest absolute Gasteiger partial charge is 0.504 e. The number of hydrogen-bond acceptors (Lipinski definition) is 10. The maximum absolute atomic E-state index is 14.1. The number of phenols is 1. The Balaban J connectivity index is 1.66. The summed E-state index contributed by atoms with van der Waals surface area (Å²) in [5, 5.41) is 11.1. The van der Waals surface area contributed by atoms with Gasteiger partial charge in [-0.2, -0.15) is 0 Å². The predicted molar refractivity (Wildman–Crippen MR) is 151 cm³/mol. The highest BCUT2D eigenvalue weighted by molar-refractivity contribution is 6.05. The van der Waals surface area contributed by atoms with E-state index < -0.39 is 0 Å². The number of carbonyl (C=O) groups excluding carboxylic acids is 1. The molecule has 1 amide bonds. The lowest BCUT2D eigenvalue weighted by molar-refractivity contribution is 0.0730. The number of rotatable bonds is 8. The van der Waals surface area contributed by atoms with E-state index in [9.17, 15) is 9.90 Å². The zero-order chi connectivity index (χ0) is 29.3.